The van der Waals surface area contributed by atoms with Gasteiger partial charge in [0, 0.05) is 20.1 Å². The molecular formula is C14H32O6. The summed E-state index contributed by atoms with van der Waals surface area (Å²) in [5.74, 6) is -0.833. The van der Waals surface area contributed by atoms with Gasteiger partial charge in [0.05, 0.1) is 26.4 Å². The Balaban J connectivity index is -0.000000234. The molecule has 0 aliphatic rings. The third kappa shape index (κ3) is 53.1. The first-order chi connectivity index (χ1) is 9.56. The van der Waals surface area contributed by atoms with Gasteiger partial charge in [-0.3, -0.25) is 4.79 Å². The molecule has 0 saturated carbocycles. The fourth-order valence-corrected chi connectivity index (χ4v) is 1.01. The number of carboxylic acids is 1. The van der Waals surface area contributed by atoms with Crippen LogP contribution in [0.1, 0.15) is 46.5 Å². The zero-order valence-corrected chi connectivity index (χ0v) is 13.1. The second-order valence-electron chi connectivity index (χ2n) is 3.84. The van der Waals surface area contributed by atoms with E-state index in [0.717, 1.165) is 20.1 Å². The largest absolute Gasteiger partial charge is 0.481 e. The van der Waals surface area contributed by atoms with Gasteiger partial charge in [-0.05, 0) is 13.3 Å². The molecule has 0 saturated heterocycles. The van der Waals surface area contributed by atoms with E-state index in [0.29, 0.717) is 13.2 Å². The number of hydrogen-bond donors (Lipinski definition) is 3. The van der Waals surface area contributed by atoms with Crippen molar-refractivity contribution in [3.63, 3.8) is 0 Å². The highest BCUT2D eigenvalue weighted by atomic mass is 16.5. The fraction of sp³-hybridized carbons (Fsp3) is 0.929. The second kappa shape index (κ2) is 26.8. The molecule has 0 rings (SSSR count). The number of unbranched alkanes of at least 4 members (excludes halogenated alkanes) is 3. The lowest BCUT2D eigenvalue weighted by atomic mass is 10.2. The van der Waals surface area contributed by atoms with Crippen LogP contribution in [0.2, 0.25) is 0 Å². The van der Waals surface area contributed by atoms with Gasteiger partial charge in [0.2, 0.25) is 0 Å². The molecule has 0 heterocycles. The maximum absolute atomic E-state index is 9.00. The summed E-state index contributed by atoms with van der Waals surface area (Å²) >= 11 is 0. The van der Waals surface area contributed by atoms with E-state index in [2.05, 4.69) is 11.7 Å². The number of carbonyl (C=O) groups is 1. The van der Waals surface area contributed by atoms with Crippen LogP contribution < -0.4 is 0 Å². The van der Waals surface area contributed by atoms with Gasteiger partial charge < -0.3 is 24.8 Å². The predicted octanol–water partition coefficient (Wildman–Crippen LogP) is 1.68. The molecule has 0 unspecified atom stereocenters. The van der Waals surface area contributed by atoms with E-state index in [9.17, 15) is 0 Å². The average molecular weight is 296 g/mol. The highest BCUT2D eigenvalue weighted by Crippen LogP contribution is 1.98. The van der Waals surface area contributed by atoms with Crippen LogP contribution in [-0.2, 0) is 14.3 Å². The van der Waals surface area contributed by atoms with Crippen molar-refractivity contribution < 1.29 is 29.6 Å². The number of rotatable bonds is 10. The quantitative estimate of drug-likeness (QED) is 0.531. The van der Waals surface area contributed by atoms with E-state index in [4.69, 9.17) is 24.9 Å². The van der Waals surface area contributed by atoms with E-state index in [1.807, 2.05) is 6.92 Å². The highest BCUT2D eigenvalue weighted by Gasteiger charge is 1.85. The minimum atomic E-state index is -0.833. The molecule has 20 heavy (non-hydrogen) atoms. The SMILES string of the molecule is CC(=O)O.CCCCCCOCC.OCCOCCO. The van der Waals surface area contributed by atoms with Gasteiger partial charge in [0.25, 0.3) is 5.97 Å². The molecule has 0 atom stereocenters. The number of aliphatic carboxylic acids is 1. The maximum atomic E-state index is 9.00. The van der Waals surface area contributed by atoms with Crippen molar-refractivity contribution >= 4 is 5.97 Å². The van der Waals surface area contributed by atoms with Crippen LogP contribution in [0.5, 0.6) is 0 Å². The minimum absolute atomic E-state index is 0.0278. The van der Waals surface area contributed by atoms with E-state index in [1.54, 1.807) is 0 Å². The van der Waals surface area contributed by atoms with Crippen LogP contribution in [0.15, 0.2) is 0 Å². The highest BCUT2D eigenvalue weighted by molar-refractivity contribution is 5.62. The summed E-state index contributed by atoms with van der Waals surface area (Å²) in [6.45, 7) is 7.87. The lowest BCUT2D eigenvalue weighted by molar-refractivity contribution is -0.134. The molecule has 0 spiro atoms. The Hall–Kier alpha value is -0.690. The summed E-state index contributed by atoms with van der Waals surface area (Å²) in [5, 5.41) is 23.6. The van der Waals surface area contributed by atoms with Gasteiger partial charge in [-0.2, -0.15) is 0 Å². The lowest BCUT2D eigenvalue weighted by Gasteiger charge is -1.98. The summed E-state index contributed by atoms with van der Waals surface area (Å²) in [5.41, 5.74) is 0. The van der Waals surface area contributed by atoms with Gasteiger partial charge >= 0.3 is 0 Å². The van der Waals surface area contributed by atoms with Gasteiger partial charge in [-0.25, -0.2) is 0 Å². The van der Waals surface area contributed by atoms with Crippen LogP contribution in [0.3, 0.4) is 0 Å². The van der Waals surface area contributed by atoms with E-state index in [-0.39, 0.29) is 13.2 Å². The monoisotopic (exact) mass is 296 g/mol. The molecular weight excluding hydrogens is 264 g/mol. The van der Waals surface area contributed by atoms with Gasteiger partial charge in [0.1, 0.15) is 0 Å². The summed E-state index contributed by atoms with van der Waals surface area (Å²) in [4.78, 5) is 9.00. The normalized spacial score (nSPS) is 9.05. The number of ether oxygens (including phenoxy) is 2. The molecule has 124 valence electrons. The van der Waals surface area contributed by atoms with Crippen LogP contribution in [-0.4, -0.2) is 60.9 Å². The first-order valence-corrected chi connectivity index (χ1v) is 7.13. The van der Waals surface area contributed by atoms with Crippen LogP contribution in [0.4, 0.5) is 0 Å². The molecule has 0 aromatic rings. The van der Waals surface area contributed by atoms with Crippen molar-refractivity contribution in [2.75, 3.05) is 39.6 Å². The standard InChI is InChI=1S/C8H18O.C4H10O3.C2H4O2/c1-3-5-6-7-8-9-4-2;5-1-3-7-4-2-6;1-2(3)4/h3-8H2,1-2H3;5-6H,1-4H2;1H3,(H,3,4). The molecule has 3 N–H and O–H groups in total. The second-order valence-corrected chi connectivity index (χ2v) is 3.84. The third-order valence-electron chi connectivity index (χ3n) is 1.82. The number of aliphatic hydroxyl groups is 2. The Morgan fingerprint density at radius 2 is 1.40 bits per heavy atom. The van der Waals surface area contributed by atoms with E-state index >= 15 is 0 Å². The molecule has 0 aromatic heterocycles. The van der Waals surface area contributed by atoms with E-state index < -0.39 is 5.97 Å². The molecule has 0 radical (unpaired) electrons. The minimum Gasteiger partial charge on any atom is -0.481 e. The Kier molecular flexibility index (Phi) is 32.6. The molecule has 6 heteroatoms. The molecule has 0 aliphatic heterocycles. The molecule has 0 bridgehead atoms. The molecule has 0 fully saturated rings. The number of carboxylic acid groups (broad SMARTS) is 1. The van der Waals surface area contributed by atoms with Crippen molar-refractivity contribution in [3.8, 4) is 0 Å². The molecule has 0 aromatic carbocycles. The smallest absolute Gasteiger partial charge is 0.300 e. The summed E-state index contributed by atoms with van der Waals surface area (Å²) in [6, 6.07) is 0. The van der Waals surface area contributed by atoms with Crippen molar-refractivity contribution in [3.05, 3.63) is 0 Å². The van der Waals surface area contributed by atoms with Crippen LogP contribution in [0.25, 0.3) is 0 Å². The van der Waals surface area contributed by atoms with Crippen LogP contribution >= 0.6 is 0 Å². The molecule has 0 amide bonds. The van der Waals surface area contributed by atoms with Gasteiger partial charge in [0.15, 0.2) is 0 Å². The van der Waals surface area contributed by atoms with Crippen molar-refractivity contribution in [1.82, 2.24) is 0 Å². The Bertz CT molecular complexity index is 150. The molecule has 0 aliphatic carbocycles. The lowest BCUT2D eigenvalue weighted by Crippen LogP contribution is -2.03. The topological polar surface area (TPSA) is 96.2 Å². The first-order valence-electron chi connectivity index (χ1n) is 7.13. The van der Waals surface area contributed by atoms with Crippen molar-refractivity contribution in [2.24, 2.45) is 0 Å². The first kappa shape index (κ1) is 24.3. The summed E-state index contributed by atoms with van der Waals surface area (Å²) < 4.78 is 9.81. The fourth-order valence-electron chi connectivity index (χ4n) is 1.01. The zero-order chi connectivity index (χ0) is 16.1. The van der Waals surface area contributed by atoms with Crippen molar-refractivity contribution in [1.29, 1.82) is 0 Å². The van der Waals surface area contributed by atoms with E-state index in [1.165, 1.54) is 25.7 Å². The Morgan fingerprint density at radius 1 is 0.900 bits per heavy atom. The maximum Gasteiger partial charge on any atom is 0.300 e. The Morgan fingerprint density at radius 3 is 1.75 bits per heavy atom. The van der Waals surface area contributed by atoms with Gasteiger partial charge in [-0.1, -0.05) is 26.2 Å². The zero-order valence-electron chi connectivity index (χ0n) is 13.1. The summed E-state index contributed by atoms with van der Waals surface area (Å²) in [7, 11) is 0. The Labute approximate surface area is 122 Å². The number of aliphatic hydroxyl groups excluding tert-OH is 2. The molecule has 6 nitrogen and oxygen atoms in total. The van der Waals surface area contributed by atoms with Crippen LogP contribution in [0, 0.1) is 0 Å². The van der Waals surface area contributed by atoms with Crippen molar-refractivity contribution in [2.45, 2.75) is 46.5 Å². The predicted molar refractivity (Wildman–Crippen MR) is 78.9 cm³/mol. The average Bonchev–Trinajstić information content (AvgIpc) is 2.39. The third-order valence-corrected chi connectivity index (χ3v) is 1.82. The van der Waals surface area contributed by atoms with Gasteiger partial charge in [-0.15, -0.1) is 0 Å². The summed E-state index contributed by atoms with van der Waals surface area (Å²) in [6.07, 6.45) is 5.23. The number of hydrogen-bond acceptors (Lipinski definition) is 5.